The van der Waals surface area contributed by atoms with Crippen molar-refractivity contribution < 1.29 is 14.7 Å². The second-order valence-corrected chi connectivity index (χ2v) is 6.52. The third-order valence-corrected chi connectivity index (χ3v) is 4.37. The molecule has 20 heavy (non-hydrogen) atoms. The van der Waals surface area contributed by atoms with E-state index in [0.717, 1.165) is 0 Å². The van der Waals surface area contributed by atoms with Crippen molar-refractivity contribution in [3.05, 3.63) is 0 Å². The number of nitrogens with zero attached hydrogens (tertiary/aromatic N) is 2. The summed E-state index contributed by atoms with van der Waals surface area (Å²) >= 11 is 1.58. The first-order chi connectivity index (χ1) is 9.36. The predicted molar refractivity (Wildman–Crippen MR) is 81.2 cm³/mol. The van der Waals surface area contributed by atoms with Crippen LogP contribution in [0.15, 0.2) is 0 Å². The van der Waals surface area contributed by atoms with Crippen LogP contribution >= 0.6 is 11.8 Å². The van der Waals surface area contributed by atoms with Gasteiger partial charge in [-0.2, -0.15) is 11.8 Å². The van der Waals surface area contributed by atoms with E-state index in [2.05, 4.69) is 17.1 Å². The van der Waals surface area contributed by atoms with E-state index in [1.165, 1.54) is 0 Å². The highest BCUT2D eigenvalue weighted by atomic mass is 32.2. The molecule has 1 heterocycles. The second-order valence-electron chi connectivity index (χ2n) is 5.54. The van der Waals surface area contributed by atoms with E-state index in [9.17, 15) is 9.59 Å². The molecule has 0 bridgehead atoms. The van der Waals surface area contributed by atoms with Crippen LogP contribution in [0.5, 0.6) is 0 Å². The Morgan fingerprint density at radius 1 is 1.45 bits per heavy atom. The lowest BCUT2D eigenvalue weighted by Crippen LogP contribution is -2.48. The molecule has 1 fully saturated rings. The molecule has 6 nitrogen and oxygen atoms in total. The standard InChI is InChI=1S/C13H25N3O3S/c1-9-7-16(8-11(9)15(2)3)13(19)14-10(12(17)18)5-6-20-4/h9-11H,5-8H2,1-4H3,(H,14,19)(H,17,18)/t9?,10-,11?/m1/s1. The summed E-state index contributed by atoms with van der Waals surface area (Å²) in [5.74, 6) is 0.141. The smallest absolute Gasteiger partial charge is 0.326 e. The van der Waals surface area contributed by atoms with Gasteiger partial charge in [0.05, 0.1) is 0 Å². The maximum absolute atomic E-state index is 12.2. The summed E-state index contributed by atoms with van der Waals surface area (Å²) in [4.78, 5) is 27.1. The molecule has 0 aromatic carbocycles. The number of amides is 2. The molecular formula is C13H25N3O3S. The average molecular weight is 303 g/mol. The van der Waals surface area contributed by atoms with Crippen molar-refractivity contribution in [2.24, 2.45) is 5.92 Å². The van der Waals surface area contributed by atoms with Gasteiger partial charge in [0.1, 0.15) is 6.04 Å². The van der Waals surface area contributed by atoms with Crippen molar-refractivity contribution in [2.75, 3.05) is 39.2 Å². The van der Waals surface area contributed by atoms with Gasteiger partial charge in [-0.05, 0) is 38.4 Å². The SMILES string of the molecule is CSCC[C@@H](NC(=O)N1CC(C)C(N(C)C)C1)C(=O)O. The molecule has 1 saturated heterocycles. The van der Waals surface area contributed by atoms with Gasteiger partial charge in [0.15, 0.2) is 0 Å². The van der Waals surface area contributed by atoms with Gasteiger partial charge in [0.2, 0.25) is 0 Å². The van der Waals surface area contributed by atoms with Gasteiger partial charge in [0, 0.05) is 19.1 Å². The number of hydrogen-bond acceptors (Lipinski definition) is 4. The lowest BCUT2D eigenvalue weighted by Gasteiger charge is -2.23. The summed E-state index contributed by atoms with van der Waals surface area (Å²) in [5.41, 5.74) is 0. The molecule has 1 aliphatic heterocycles. The zero-order valence-corrected chi connectivity index (χ0v) is 13.4. The Bertz CT molecular complexity index is 352. The van der Waals surface area contributed by atoms with E-state index < -0.39 is 12.0 Å². The Balaban J connectivity index is 2.55. The van der Waals surface area contributed by atoms with Crippen molar-refractivity contribution in [1.29, 1.82) is 0 Å². The number of likely N-dealkylation sites (N-methyl/N-ethyl adjacent to an activating group) is 1. The van der Waals surface area contributed by atoms with Crippen molar-refractivity contribution in [2.45, 2.75) is 25.4 Å². The fourth-order valence-electron chi connectivity index (χ4n) is 2.52. The van der Waals surface area contributed by atoms with Crippen LogP contribution < -0.4 is 5.32 Å². The molecule has 3 atom stereocenters. The number of rotatable bonds is 6. The molecule has 0 aliphatic carbocycles. The normalized spacial score (nSPS) is 23.9. The molecule has 2 N–H and O–H groups in total. The lowest BCUT2D eigenvalue weighted by molar-refractivity contribution is -0.139. The fourth-order valence-corrected chi connectivity index (χ4v) is 2.99. The molecule has 0 aromatic heterocycles. The molecule has 7 heteroatoms. The van der Waals surface area contributed by atoms with E-state index in [0.29, 0.717) is 37.2 Å². The summed E-state index contributed by atoms with van der Waals surface area (Å²) in [5, 5.41) is 11.8. The first kappa shape index (κ1) is 17.1. The minimum Gasteiger partial charge on any atom is -0.480 e. The summed E-state index contributed by atoms with van der Waals surface area (Å²) in [7, 11) is 4.00. The maximum atomic E-state index is 12.2. The van der Waals surface area contributed by atoms with Crippen molar-refractivity contribution >= 4 is 23.8 Å². The monoisotopic (exact) mass is 303 g/mol. The average Bonchev–Trinajstić information content (AvgIpc) is 2.76. The first-order valence-corrected chi connectivity index (χ1v) is 8.19. The number of urea groups is 1. The van der Waals surface area contributed by atoms with Gasteiger partial charge in [0.25, 0.3) is 0 Å². The highest BCUT2D eigenvalue weighted by molar-refractivity contribution is 7.98. The van der Waals surface area contributed by atoms with Crippen molar-refractivity contribution in [1.82, 2.24) is 15.1 Å². The third kappa shape index (κ3) is 4.56. The summed E-state index contributed by atoms with van der Waals surface area (Å²) < 4.78 is 0. The topological polar surface area (TPSA) is 72.9 Å². The quantitative estimate of drug-likeness (QED) is 0.759. The molecule has 1 rings (SSSR count). The van der Waals surface area contributed by atoms with Crippen LogP contribution in [0.1, 0.15) is 13.3 Å². The lowest BCUT2D eigenvalue weighted by atomic mass is 10.1. The predicted octanol–water partition coefficient (Wildman–Crippen LogP) is 0.784. The minimum absolute atomic E-state index is 0.269. The number of carbonyl (C=O) groups is 2. The van der Waals surface area contributed by atoms with Crippen molar-refractivity contribution in [3.8, 4) is 0 Å². The molecule has 2 unspecified atom stereocenters. The van der Waals surface area contributed by atoms with Crippen LogP contribution in [-0.4, -0.2) is 78.2 Å². The largest absolute Gasteiger partial charge is 0.480 e. The number of carboxylic acid groups (broad SMARTS) is 1. The number of hydrogen-bond donors (Lipinski definition) is 2. The number of carboxylic acids is 1. The minimum atomic E-state index is -0.969. The second kappa shape index (κ2) is 7.73. The van der Waals surface area contributed by atoms with Gasteiger partial charge in [-0.15, -0.1) is 0 Å². The zero-order valence-electron chi connectivity index (χ0n) is 12.6. The summed E-state index contributed by atoms with van der Waals surface area (Å²) in [6.07, 6.45) is 2.37. The van der Waals surface area contributed by atoms with Crippen LogP contribution in [0.2, 0.25) is 0 Å². The Labute approximate surface area is 124 Å². The van der Waals surface area contributed by atoms with Crippen LogP contribution in [0.4, 0.5) is 4.79 Å². The van der Waals surface area contributed by atoms with Gasteiger partial charge in [-0.3, -0.25) is 0 Å². The molecular weight excluding hydrogens is 278 g/mol. The first-order valence-electron chi connectivity index (χ1n) is 6.80. The zero-order chi connectivity index (χ0) is 15.3. The van der Waals surface area contributed by atoms with Gasteiger partial charge in [-0.1, -0.05) is 6.92 Å². The van der Waals surface area contributed by atoms with E-state index in [-0.39, 0.29) is 6.03 Å². The summed E-state index contributed by atoms with van der Waals surface area (Å²) in [6, 6.07) is -0.742. The van der Waals surface area contributed by atoms with E-state index >= 15 is 0 Å². The highest BCUT2D eigenvalue weighted by Crippen LogP contribution is 2.20. The summed E-state index contributed by atoms with van der Waals surface area (Å²) in [6.45, 7) is 3.43. The highest BCUT2D eigenvalue weighted by Gasteiger charge is 2.34. The van der Waals surface area contributed by atoms with Crippen molar-refractivity contribution in [3.63, 3.8) is 0 Å². The number of carbonyl (C=O) groups excluding carboxylic acids is 1. The molecule has 2 amide bonds. The number of nitrogens with one attached hydrogen (secondary N) is 1. The number of thioether (sulfide) groups is 1. The molecule has 0 saturated carbocycles. The van der Waals surface area contributed by atoms with E-state index in [4.69, 9.17) is 5.11 Å². The molecule has 0 radical (unpaired) electrons. The van der Waals surface area contributed by atoms with Crippen LogP contribution in [-0.2, 0) is 4.79 Å². The third-order valence-electron chi connectivity index (χ3n) is 3.73. The van der Waals surface area contributed by atoms with Gasteiger partial charge < -0.3 is 20.2 Å². The molecule has 1 aliphatic rings. The van der Waals surface area contributed by atoms with Gasteiger partial charge >= 0.3 is 12.0 Å². The van der Waals surface area contributed by atoms with Crippen LogP contribution in [0.25, 0.3) is 0 Å². The Kier molecular flexibility index (Phi) is 6.61. The number of aliphatic carboxylic acids is 1. The molecule has 0 spiro atoms. The Morgan fingerprint density at radius 3 is 2.55 bits per heavy atom. The Morgan fingerprint density at radius 2 is 2.10 bits per heavy atom. The number of likely N-dealkylation sites (tertiary alicyclic amines) is 1. The molecule has 116 valence electrons. The Hall–Kier alpha value is -0.950. The fraction of sp³-hybridized carbons (Fsp3) is 0.846. The maximum Gasteiger partial charge on any atom is 0.326 e. The van der Waals surface area contributed by atoms with E-state index in [1.807, 2.05) is 20.4 Å². The van der Waals surface area contributed by atoms with Crippen LogP contribution in [0.3, 0.4) is 0 Å². The van der Waals surface area contributed by atoms with E-state index in [1.54, 1.807) is 16.7 Å². The molecule has 0 aromatic rings. The van der Waals surface area contributed by atoms with Crippen LogP contribution in [0, 0.1) is 5.92 Å². The van der Waals surface area contributed by atoms with Gasteiger partial charge in [-0.25, -0.2) is 9.59 Å².